The average Bonchev–Trinajstić information content (AvgIpc) is 3.13. The minimum absolute atomic E-state index is 0.108. The standard InChI is InChI=1S/C21H18N4O5/c22-11-12-1-3-14(4-2-12)23-20(28)18(27)19-21(29)25(7-8-30-19)15-5-6-16-13(9-15)10-17(26)24-16/h1-6,9,18-19,27H,7-8,10H2,(H,23,28)(H,24,26)/t18?,19-/m1/s1. The van der Waals surface area contributed by atoms with Crippen molar-refractivity contribution in [1.29, 1.82) is 5.26 Å². The van der Waals surface area contributed by atoms with Crippen LogP contribution < -0.4 is 15.5 Å². The predicted octanol–water partition coefficient (Wildman–Crippen LogP) is 0.784. The van der Waals surface area contributed by atoms with Gasteiger partial charge in [0.2, 0.25) is 5.91 Å². The summed E-state index contributed by atoms with van der Waals surface area (Å²) in [4.78, 5) is 38.3. The summed E-state index contributed by atoms with van der Waals surface area (Å²) < 4.78 is 5.40. The Hall–Kier alpha value is -3.74. The van der Waals surface area contributed by atoms with Gasteiger partial charge in [0, 0.05) is 23.6 Å². The maximum atomic E-state index is 12.9. The molecule has 2 heterocycles. The van der Waals surface area contributed by atoms with Crippen LogP contribution in [0.2, 0.25) is 0 Å². The monoisotopic (exact) mass is 406 g/mol. The molecule has 0 aromatic heterocycles. The summed E-state index contributed by atoms with van der Waals surface area (Å²) in [5, 5.41) is 24.5. The van der Waals surface area contributed by atoms with Gasteiger partial charge in [-0.05, 0) is 48.0 Å². The van der Waals surface area contributed by atoms with Crippen molar-refractivity contribution in [3.05, 3.63) is 53.6 Å². The Bertz CT molecular complexity index is 1060. The molecule has 9 heteroatoms. The van der Waals surface area contributed by atoms with Crippen LogP contribution in [0.4, 0.5) is 17.1 Å². The van der Waals surface area contributed by atoms with Crippen LogP contribution in [0.15, 0.2) is 42.5 Å². The zero-order valence-corrected chi connectivity index (χ0v) is 15.8. The van der Waals surface area contributed by atoms with Crippen molar-refractivity contribution in [3.8, 4) is 6.07 Å². The van der Waals surface area contributed by atoms with Crippen LogP contribution in [0.1, 0.15) is 11.1 Å². The largest absolute Gasteiger partial charge is 0.380 e. The highest BCUT2D eigenvalue weighted by Gasteiger charge is 2.39. The zero-order chi connectivity index (χ0) is 21.3. The topological polar surface area (TPSA) is 132 Å². The lowest BCUT2D eigenvalue weighted by Gasteiger charge is -2.34. The summed E-state index contributed by atoms with van der Waals surface area (Å²) >= 11 is 0. The lowest BCUT2D eigenvalue weighted by atomic mass is 10.1. The number of hydrogen-bond donors (Lipinski definition) is 3. The number of carbonyl (C=O) groups excluding carboxylic acids is 3. The fourth-order valence-corrected chi connectivity index (χ4v) is 3.45. The Kier molecular flexibility index (Phi) is 5.18. The number of rotatable bonds is 4. The molecule has 0 saturated carbocycles. The second-order valence-corrected chi connectivity index (χ2v) is 6.97. The molecule has 30 heavy (non-hydrogen) atoms. The van der Waals surface area contributed by atoms with E-state index in [9.17, 15) is 19.5 Å². The Balaban J connectivity index is 1.47. The van der Waals surface area contributed by atoms with Crippen LogP contribution in [-0.2, 0) is 25.5 Å². The van der Waals surface area contributed by atoms with E-state index in [1.807, 2.05) is 6.07 Å². The lowest BCUT2D eigenvalue weighted by Crippen LogP contribution is -2.55. The molecule has 3 amide bonds. The number of aliphatic hydroxyl groups excluding tert-OH is 1. The van der Waals surface area contributed by atoms with E-state index in [4.69, 9.17) is 10.00 Å². The van der Waals surface area contributed by atoms with Gasteiger partial charge in [-0.3, -0.25) is 14.4 Å². The van der Waals surface area contributed by atoms with Crippen molar-refractivity contribution >= 4 is 34.8 Å². The van der Waals surface area contributed by atoms with Gasteiger partial charge in [-0.1, -0.05) is 0 Å². The molecule has 2 aliphatic rings. The van der Waals surface area contributed by atoms with E-state index >= 15 is 0 Å². The molecular weight excluding hydrogens is 388 g/mol. The van der Waals surface area contributed by atoms with E-state index in [1.54, 1.807) is 18.2 Å². The van der Waals surface area contributed by atoms with Crippen molar-refractivity contribution in [3.63, 3.8) is 0 Å². The number of morpholine rings is 1. The van der Waals surface area contributed by atoms with Crippen LogP contribution in [-0.4, -0.2) is 48.2 Å². The van der Waals surface area contributed by atoms with Crippen molar-refractivity contribution in [2.24, 2.45) is 0 Å². The van der Waals surface area contributed by atoms with Crippen molar-refractivity contribution in [1.82, 2.24) is 0 Å². The summed E-state index contributed by atoms with van der Waals surface area (Å²) in [5.41, 5.74) is 2.88. The number of nitrogens with zero attached hydrogens (tertiary/aromatic N) is 2. The quantitative estimate of drug-likeness (QED) is 0.688. The fraction of sp³-hybridized carbons (Fsp3) is 0.238. The highest BCUT2D eigenvalue weighted by molar-refractivity contribution is 6.05. The number of carbonyl (C=O) groups is 3. The molecule has 0 aliphatic carbocycles. The first-order chi connectivity index (χ1) is 14.5. The Morgan fingerprint density at radius 3 is 2.77 bits per heavy atom. The predicted molar refractivity (Wildman–Crippen MR) is 107 cm³/mol. The van der Waals surface area contributed by atoms with E-state index in [0.29, 0.717) is 22.6 Å². The lowest BCUT2D eigenvalue weighted by molar-refractivity contribution is -0.150. The van der Waals surface area contributed by atoms with Gasteiger partial charge in [0.05, 0.1) is 24.7 Å². The molecule has 3 N–H and O–H groups in total. The van der Waals surface area contributed by atoms with E-state index in [0.717, 1.165) is 5.56 Å². The highest BCUT2D eigenvalue weighted by Crippen LogP contribution is 2.29. The second kappa shape index (κ2) is 7.94. The maximum absolute atomic E-state index is 12.9. The van der Waals surface area contributed by atoms with E-state index in [-0.39, 0.29) is 25.5 Å². The van der Waals surface area contributed by atoms with Gasteiger partial charge < -0.3 is 25.4 Å². The summed E-state index contributed by atoms with van der Waals surface area (Å²) in [7, 11) is 0. The molecule has 2 atom stereocenters. The van der Waals surface area contributed by atoms with Gasteiger partial charge in [-0.25, -0.2) is 0 Å². The van der Waals surface area contributed by atoms with Crippen molar-refractivity contribution in [2.45, 2.75) is 18.6 Å². The third-order valence-electron chi connectivity index (χ3n) is 4.98. The third-order valence-corrected chi connectivity index (χ3v) is 4.98. The van der Waals surface area contributed by atoms with Gasteiger partial charge >= 0.3 is 0 Å². The number of fused-ring (bicyclic) bond motifs is 1. The number of hydrogen-bond acceptors (Lipinski definition) is 6. The molecular formula is C21H18N4O5. The first kappa shape index (κ1) is 19.6. The number of benzene rings is 2. The maximum Gasteiger partial charge on any atom is 0.259 e. The number of aliphatic hydroxyl groups is 1. The van der Waals surface area contributed by atoms with Crippen LogP contribution >= 0.6 is 0 Å². The first-order valence-corrected chi connectivity index (χ1v) is 9.31. The molecule has 9 nitrogen and oxygen atoms in total. The highest BCUT2D eigenvalue weighted by atomic mass is 16.5. The fourth-order valence-electron chi connectivity index (χ4n) is 3.45. The number of nitriles is 1. The molecule has 0 bridgehead atoms. The van der Waals surface area contributed by atoms with Crippen LogP contribution in [0.25, 0.3) is 0 Å². The SMILES string of the molecule is N#Cc1ccc(NC(=O)C(O)[C@H]2OCCN(c3ccc4c(c3)CC(=O)N4)C2=O)cc1. The first-order valence-electron chi connectivity index (χ1n) is 9.31. The molecule has 1 saturated heterocycles. The van der Waals surface area contributed by atoms with Gasteiger partial charge in [-0.15, -0.1) is 0 Å². The van der Waals surface area contributed by atoms with Gasteiger partial charge in [-0.2, -0.15) is 5.26 Å². The van der Waals surface area contributed by atoms with Crippen LogP contribution in [0.5, 0.6) is 0 Å². The van der Waals surface area contributed by atoms with E-state index in [1.165, 1.54) is 29.2 Å². The smallest absolute Gasteiger partial charge is 0.259 e. The van der Waals surface area contributed by atoms with Crippen molar-refractivity contribution in [2.75, 3.05) is 28.7 Å². The summed E-state index contributed by atoms with van der Waals surface area (Å²) in [5.74, 6) is -1.44. The molecule has 1 fully saturated rings. The zero-order valence-electron chi connectivity index (χ0n) is 15.8. The summed E-state index contributed by atoms with van der Waals surface area (Å²) in [6.45, 7) is 0.408. The molecule has 152 valence electrons. The number of nitrogens with one attached hydrogen (secondary N) is 2. The average molecular weight is 406 g/mol. The Morgan fingerprint density at radius 2 is 2.03 bits per heavy atom. The van der Waals surface area contributed by atoms with E-state index < -0.39 is 24.0 Å². The van der Waals surface area contributed by atoms with Crippen LogP contribution in [0.3, 0.4) is 0 Å². The van der Waals surface area contributed by atoms with Crippen molar-refractivity contribution < 1.29 is 24.2 Å². The van der Waals surface area contributed by atoms with Gasteiger partial charge in [0.25, 0.3) is 11.8 Å². The molecule has 2 aromatic rings. The molecule has 4 rings (SSSR count). The minimum atomic E-state index is -1.71. The van der Waals surface area contributed by atoms with E-state index in [2.05, 4.69) is 10.6 Å². The third kappa shape index (κ3) is 3.74. The minimum Gasteiger partial charge on any atom is -0.380 e. The normalized spacial score (nSPS) is 18.9. The van der Waals surface area contributed by atoms with Gasteiger partial charge in [0.15, 0.2) is 12.2 Å². The number of anilines is 3. The second-order valence-electron chi connectivity index (χ2n) is 6.97. The Labute approximate surface area is 171 Å². The van der Waals surface area contributed by atoms with Gasteiger partial charge in [0.1, 0.15) is 0 Å². The molecule has 1 unspecified atom stereocenters. The molecule has 0 spiro atoms. The molecule has 2 aromatic carbocycles. The number of ether oxygens (including phenoxy) is 1. The molecule has 0 radical (unpaired) electrons. The summed E-state index contributed by atoms with van der Waals surface area (Å²) in [6.07, 6.45) is -2.83. The summed E-state index contributed by atoms with van der Waals surface area (Å²) in [6, 6.07) is 13.3. The molecule has 2 aliphatic heterocycles. The van der Waals surface area contributed by atoms with Crippen LogP contribution in [0, 0.1) is 11.3 Å². The number of amides is 3. The Morgan fingerprint density at radius 1 is 1.27 bits per heavy atom.